The molecule has 11 heteroatoms. The van der Waals surface area contributed by atoms with E-state index in [2.05, 4.69) is 14.4 Å². The van der Waals surface area contributed by atoms with Crippen molar-refractivity contribution in [3.05, 3.63) is 45.8 Å². The number of aromatic nitrogens is 1. The normalized spacial score (nSPS) is 12.4. The fraction of sp³-hybridized carbons (Fsp3) is 0.235. The summed E-state index contributed by atoms with van der Waals surface area (Å²) in [6, 6.07) is 7.53. The van der Waals surface area contributed by atoms with Gasteiger partial charge >= 0.3 is 6.18 Å². The Morgan fingerprint density at radius 3 is 2.50 bits per heavy atom. The summed E-state index contributed by atoms with van der Waals surface area (Å²) in [6.45, 7) is 3.22. The van der Waals surface area contributed by atoms with Crippen LogP contribution in [0, 0.1) is 13.8 Å². The number of rotatable bonds is 5. The third-order valence-corrected chi connectivity index (χ3v) is 7.27. The fourth-order valence-electron chi connectivity index (χ4n) is 2.70. The van der Waals surface area contributed by atoms with Crippen molar-refractivity contribution in [2.75, 3.05) is 11.0 Å². The highest BCUT2D eigenvalue weighted by Gasteiger charge is 2.37. The Morgan fingerprint density at radius 1 is 1.18 bits per heavy atom. The van der Waals surface area contributed by atoms with Gasteiger partial charge in [0.15, 0.2) is 0 Å². The van der Waals surface area contributed by atoms with Crippen LogP contribution in [0.15, 0.2) is 44.6 Å². The number of sulfonamides is 1. The maximum absolute atomic E-state index is 13.0. The molecule has 0 atom stereocenters. The van der Waals surface area contributed by atoms with E-state index in [-0.39, 0.29) is 16.2 Å². The maximum Gasteiger partial charge on any atom is 0.452 e. The van der Waals surface area contributed by atoms with E-state index in [9.17, 15) is 21.6 Å². The quantitative estimate of drug-likeness (QED) is 0.517. The summed E-state index contributed by atoms with van der Waals surface area (Å²) >= 11 is 2.62. The lowest BCUT2D eigenvalue weighted by molar-refractivity contribution is -0.155. The zero-order valence-corrected chi connectivity index (χ0v) is 17.4. The molecular formula is C17H15F3N2O3S3. The minimum atomic E-state index is -4.71. The molecule has 0 bridgehead atoms. The molecule has 2 heterocycles. The SMILES string of the molecule is CSc1cccc(NS(=O)(=O)c2c(C)sc(C)c2-c2cc(C(F)(F)F)on2)c1. The Labute approximate surface area is 168 Å². The number of hydrogen-bond acceptors (Lipinski definition) is 6. The summed E-state index contributed by atoms with van der Waals surface area (Å²) in [4.78, 5) is 1.73. The van der Waals surface area contributed by atoms with Crippen molar-refractivity contribution in [3.63, 3.8) is 0 Å². The van der Waals surface area contributed by atoms with Crippen molar-refractivity contribution in [1.29, 1.82) is 0 Å². The minimum absolute atomic E-state index is 0.105. The molecule has 1 aromatic carbocycles. The summed E-state index contributed by atoms with van der Waals surface area (Å²) in [5.74, 6) is -1.28. The average molecular weight is 449 g/mol. The number of benzene rings is 1. The highest BCUT2D eigenvalue weighted by atomic mass is 32.2. The van der Waals surface area contributed by atoms with Gasteiger partial charge in [-0.05, 0) is 38.3 Å². The molecule has 2 aromatic heterocycles. The molecule has 28 heavy (non-hydrogen) atoms. The number of alkyl halides is 3. The van der Waals surface area contributed by atoms with Crippen molar-refractivity contribution in [1.82, 2.24) is 5.16 Å². The topological polar surface area (TPSA) is 72.2 Å². The predicted octanol–water partition coefficient (Wildman–Crippen LogP) is 5.56. The number of thioether (sulfide) groups is 1. The standard InChI is InChI=1S/C17H15F3N2O3S3/c1-9-15(13-8-14(25-21-13)17(18,19)20)16(10(2)27-9)28(23,24)22-11-5-4-6-12(7-11)26-3/h4-8,22H,1-3H3. The van der Waals surface area contributed by atoms with Gasteiger partial charge in [0.2, 0.25) is 5.76 Å². The first-order chi connectivity index (χ1) is 13.0. The summed E-state index contributed by atoms with van der Waals surface area (Å²) in [5.41, 5.74) is 0.292. The van der Waals surface area contributed by atoms with Crippen molar-refractivity contribution >= 4 is 38.8 Å². The number of thiophene rings is 1. The first-order valence-electron chi connectivity index (χ1n) is 7.84. The molecule has 3 aromatic rings. The van der Waals surface area contributed by atoms with Crippen molar-refractivity contribution in [2.24, 2.45) is 0 Å². The zero-order valence-electron chi connectivity index (χ0n) is 14.9. The number of aryl methyl sites for hydroxylation is 2. The van der Waals surface area contributed by atoms with E-state index >= 15 is 0 Å². The van der Waals surface area contributed by atoms with Crippen LogP contribution in [-0.2, 0) is 16.2 Å². The Balaban J connectivity index is 2.08. The van der Waals surface area contributed by atoms with Crippen LogP contribution < -0.4 is 4.72 Å². The molecule has 0 fully saturated rings. The first kappa shape index (κ1) is 20.7. The molecule has 0 saturated carbocycles. The molecule has 1 N–H and O–H groups in total. The van der Waals surface area contributed by atoms with Crippen LogP contribution in [0.1, 0.15) is 15.5 Å². The van der Waals surface area contributed by atoms with Gasteiger partial charge in [-0.25, -0.2) is 8.42 Å². The van der Waals surface area contributed by atoms with Crippen LogP contribution in [0.5, 0.6) is 0 Å². The summed E-state index contributed by atoms with van der Waals surface area (Å²) in [7, 11) is -4.06. The van der Waals surface area contributed by atoms with Gasteiger partial charge in [0.25, 0.3) is 10.0 Å². The molecule has 0 amide bonds. The molecule has 0 unspecified atom stereocenters. The Hall–Kier alpha value is -1.98. The molecule has 5 nitrogen and oxygen atoms in total. The Bertz CT molecular complexity index is 1120. The maximum atomic E-state index is 13.0. The Kier molecular flexibility index (Phi) is 5.52. The van der Waals surface area contributed by atoms with E-state index in [4.69, 9.17) is 0 Å². The molecule has 0 aliphatic heterocycles. The third kappa shape index (κ3) is 4.06. The van der Waals surface area contributed by atoms with E-state index in [1.807, 2.05) is 12.3 Å². The van der Waals surface area contributed by atoms with Gasteiger partial charge < -0.3 is 4.52 Å². The van der Waals surface area contributed by atoms with Gasteiger partial charge in [-0.3, -0.25) is 4.72 Å². The largest absolute Gasteiger partial charge is 0.452 e. The predicted molar refractivity (Wildman–Crippen MR) is 103 cm³/mol. The van der Waals surface area contributed by atoms with Crippen LogP contribution >= 0.6 is 23.1 Å². The van der Waals surface area contributed by atoms with Gasteiger partial charge in [0.1, 0.15) is 10.6 Å². The highest BCUT2D eigenvalue weighted by molar-refractivity contribution is 7.98. The molecule has 0 spiro atoms. The van der Waals surface area contributed by atoms with E-state index < -0.39 is 22.0 Å². The van der Waals surface area contributed by atoms with E-state index in [1.165, 1.54) is 23.1 Å². The number of nitrogens with zero attached hydrogens (tertiary/aromatic N) is 1. The van der Waals surface area contributed by atoms with Gasteiger partial charge in [-0.2, -0.15) is 13.2 Å². The van der Waals surface area contributed by atoms with E-state index in [1.54, 1.807) is 32.0 Å². The van der Waals surface area contributed by atoms with Crippen molar-refractivity contribution < 1.29 is 26.1 Å². The minimum Gasteiger partial charge on any atom is -0.351 e. The van der Waals surface area contributed by atoms with Crippen LogP contribution in [0.25, 0.3) is 11.3 Å². The van der Waals surface area contributed by atoms with Crippen LogP contribution in [0.4, 0.5) is 18.9 Å². The van der Waals surface area contributed by atoms with Gasteiger partial charge in [-0.15, -0.1) is 23.1 Å². The lowest BCUT2D eigenvalue weighted by atomic mass is 10.1. The van der Waals surface area contributed by atoms with Gasteiger partial charge in [0, 0.05) is 32.0 Å². The molecule has 0 saturated heterocycles. The second-order valence-electron chi connectivity index (χ2n) is 5.83. The molecule has 3 rings (SSSR count). The third-order valence-electron chi connectivity index (χ3n) is 3.84. The van der Waals surface area contributed by atoms with E-state index in [0.29, 0.717) is 21.5 Å². The van der Waals surface area contributed by atoms with Crippen LogP contribution in [-0.4, -0.2) is 19.8 Å². The zero-order chi connectivity index (χ0) is 20.7. The number of halogens is 3. The molecular weight excluding hydrogens is 433 g/mol. The molecule has 0 radical (unpaired) electrons. The Morgan fingerprint density at radius 2 is 1.89 bits per heavy atom. The van der Waals surface area contributed by atoms with E-state index in [0.717, 1.165) is 4.90 Å². The number of nitrogens with one attached hydrogen (secondary N) is 1. The number of anilines is 1. The van der Waals surface area contributed by atoms with Crippen LogP contribution in [0.3, 0.4) is 0 Å². The second kappa shape index (κ2) is 7.45. The smallest absolute Gasteiger partial charge is 0.351 e. The molecule has 0 aliphatic rings. The first-order valence-corrected chi connectivity index (χ1v) is 11.4. The van der Waals surface area contributed by atoms with Crippen molar-refractivity contribution in [2.45, 2.75) is 29.8 Å². The summed E-state index contributed by atoms with van der Waals surface area (Å²) < 4.78 is 71.5. The van der Waals surface area contributed by atoms with Gasteiger partial charge in [-0.1, -0.05) is 11.2 Å². The van der Waals surface area contributed by atoms with Crippen molar-refractivity contribution in [3.8, 4) is 11.3 Å². The molecule has 0 aliphatic carbocycles. The summed E-state index contributed by atoms with van der Waals surface area (Å²) in [6.07, 6.45) is -2.85. The lowest BCUT2D eigenvalue weighted by Crippen LogP contribution is -2.14. The van der Waals surface area contributed by atoms with Gasteiger partial charge in [0.05, 0.1) is 0 Å². The summed E-state index contributed by atoms with van der Waals surface area (Å²) in [5, 5.41) is 3.45. The highest BCUT2D eigenvalue weighted by Crippen LogP contribution is 2.41. The second-order valence-corrected chi connectivity index (χ2v) is 9.76. The fourth-order valence-corrected chi connectivity index (χ4v) is 6.09. The number of hydrogen-bond donors (Lipinski definition) is 1. The lowest BCUT2D eigenvalue weighted by Gasteiger charge is -2.10. The molecule has 150 valence electrons. The monoisotopic (exact) mass is 448 g/mol. The average Bonchev–Trinajstić information content (AvgIpc) is 3.18. The van der Waals surface area contributed by atoms with Crippen LogP contribution in [0.2, 0.25) is 0 Å².